The summed E-state index contributed by atoms with van der Waals surface area (Å²) in [4.78, 5) is 8.60. The highest BCUT2D eigenvalue weighted by Crippen LogP contribution is 2.34. The van der Waals surface area contributed by atoms with E-state index in [2.05, 4.69) is 38.9 Å². The molecule has 1 unspecified atom stereocenters. The van der Waals surface area contributed by atoms with Gasteiger partial charge < -0.3 is 10.7 Å². The van der Waals surface area contributed by atoms with E-state index in [0.717, 1.165) is 50.3 Å². The first-order valence-electron chi connectivity index (χ1n) is 10.2. The van der Waals surface area contributed by atoms with Crippen LogP contribution in [0, 0.1) is 0 Å². The van der Waals surface area contributed by atoms with Gasteiger partial charge in [0.1, 0.15) is 0 Å². The molecular weight excluding hydrogens is 421 g/mol. The van der Waals surface area contributed by atoms with Crippen molar-refractivity contribution in [3.8, 4) is 0 Å². The van der Waals surface area contributed by atoms with Crippen molar-refractivity contribution in [1.82, 2.24) is 14.9 Å². The Morgan fingerprint density at radius 2 is 1.77 bits per heavy atom. The van der Waals surface area contributed by atoms with Crippen molar-refractivity contribution < 1.29 is 0 Å². The van der Waals surface area contributed by atoms with Crippen LogP contribution in [0.15, 0.2) is 47.8 Å². The van der Waals surface area contributed by atoms with E-state index in [4.69, 9.17) is 34.9 Å². The standard InChI is InChI=1S/C21H29Cl2N7/c1-2-3-9-30(25)21(27-24)19(16-7-5-4-6-8-16)28-10-12-29(13-11-28)20-17(22)14-26-15-18(20)23/h4-8,14-15,19H,2-3,9-13,24-25H2,1H3/b27-21-. The minimum atomic E-state index is -0.122. The molecule has 3 rings (SSSR count). The van der Waals surface area contributed by atoms with Gasteiger partial charge in [-0.05, 0) is 12.0 Å². The average molecular weight is 450 g/mol. The molecule has 1 aliphatic rings. The number of anilines is 1. The summed E-state index contributed by atoms with van der Waals surface area (Å²) in [5.41, 5.74) is 1.95. The number of rotatable bonds is 7. The molecular formula is C21H29Cl2N7. The van der Waals surface area contributed by atoms with Crippen molar-refractivity contribution in [3.05, 3.63) is 58.3 Å². The second-order valence-corrected chi connectivity index (χ2v) is 8.14. The summed E-state index contributed by atoms with van der Waals surface area (Å²) in [7, 11) is 0. The number of nitrogens with zero attached hydrogens (tertiary/aromatic N) is 5. The van der Waals surface area contributed by atoms with E-state index >= 15 is 0 Å². The maximum atomic E-state index is 6.36. The van der Waals surface area contributed by atoms with Gasteiger partial charge in [-0.2, -0.15) is 5.10 Å². The number of aromatic nitrogens is 1. The molecule has 0 spiro atoms. The van der Waals surface area contributed by atoms with Crippen LogP contribution in [0.2, 0.25) is 10.0 Å². The Morgan fingerprint density at radius 3 is 2.33 bits per heavy atom. The maximum absolute atomic E-state index is 6.36. The topological polar surface area (TPSA) is 87.0 Å². The fraction of sp³-hybridized carbons (Fsp3) is 0.429. The van der Waals surface area contributed by atoms with Gasteiger partial charge in [0, 0.05) is 45.1 Å². The normalized spacial score (nSPS) is 16.5. The Balaban J connectivity index is 1.82. The monoisotopic (exact) mass is 449 g/mol. The fourth-order valence-electron chi connectivity index (χ4n) is 3.81. The van der Waals surface area contributed by atoms with E-state index in [-0.39, 0.29) is 6.04 Å². The van der Waals surface area contributed by atoms with E-state index in [1.807, 2.05) is 18.2 Å². The second kappa shape index (κ2) is 10.8. The van der Waals surface area contributed by atoms with Gasteiger partial charge in [-0.3, -0.25) is 14.9 Å². The zero-order chi connectivity index (χ0) is 21.5. The number of hydrogen-bond acceptors (Lipinski definition) is 6. The first kappa shape index (κ1) is 22.6. The van der Waals surface area contributed by atoms with Crippen LogP contribution in [0.25, 0.3) is 0 Å². The van der Waals surface area contributed by atoms with E-state index in [9.17, 15) is 0 Å². The van der Waals surface area contributed by atoms with Crippen LogP contribution in [0.3, 0.4) is 0 Å². The molecule has 7 nitrogen and oxygen atoms in total. The van der Waals surface area contributed by atoms with E-state index in [1.165, 1.54) is 0 Å². The molecule has 30 heavy (non-hydrogen) atoms. The molecule has 1 atom stereocenters. The quantitative estimate of drug-likeness (QED) is 0.291. The lowest BCUT2D eigenvalue weighted by Crippen LogP contribution is -2.53. The van der Waals surface area contributed by atoms with Gasteiger partial charge in [0.2, 0.25) is 0 Å². The summed E-state index contributed by atoms with van der Waals surface area (Å²) < 4.78 is 0. The number of nitrogens with two attached hydrogens (primary N) is 2. The van der Waals surface area contributed by atoms with Crippen molar-refractivity contribution in [3.63, 3.8) is 0 Å². The predicted molar refractivity (Wildman–Crippen MR) is 125 cm³/mol. The Bertz CT molecular complexity index is 818. The first-order chi connectivity index (χ1) is 14.6. The highest BCUT2D eigenvalue weighted by Gasteiger charge is 2.32. The average Bonchev–Trinajstić information content (AvgIpc) is 2.77. The molecule has 1 aliphatic heterocycles. The number of benzene rings is 1. The van der Waals surface area contributed by atoms with Crippen LogP contribution in [0.4, 0.5) is 5.69 Å². The molecule has 4 N–H and O–H groups in total. The number of piperazine rings is 1. The van der Waals surface area contributed by atoms with Crippen LogP contribution >= 0.6 is 23.2 Å². The molecule has 1 fully saturated rings. The zero-order valence-electron chi connectivity index (χ0n) is 17.2. The smallest absolute Gasteiger partial charge is 0.160 e. The van der Waals surface area contributed by atoms with Gasteiger partial charge in [0.25, 0.3) is 0 Å². The van der Waals surface area contributed by atoms with Crippen molar-refractivity contribution in [1.29, 1.82) is 0 Å². The summed E-state index contributed by atoms with van der Waals surface area (Å²) in [6, 6.07) is 10.1. The summed E-state index contributed by atoms with van der Waals surface area (Å²) in [6.07, 6.45) is 5.28. The summed E-state index contributed by atoms with van der Waals surface area (Å²) in [5.74, 6) is 12.9. The Labute approximate surface area is 188 Å². The number of halogens is 2. The highest BCUT2D eigenvalue weighted by molar-refractivity contribution is 6.38. The Kier molecular flexibility index (Phi) is 8.16. The van der Waals surface area contributed by atoms with Gasteiger partial charge in [0.15, 0.2) is 5.84 Å². The molecule has 162 valence electrons. The first-order valence-corrected chi connectivity index (χ1v) is 10.9. The van der Waals surface area contributed by atoms with Gasteiger partial charge in [-0.15, -0.1) is 0 Å². The number of pyridine rings is 1. The SMILES string of the molecule is CCCCN(N)/C(=N\N)C(c1ccccc1)N1CCN(c2c(Cl)cncc2Cl)CC1. The molecule has 0 bridgehead atoms. The number of amidine groups is 1. The molecule has 0 radical (unpaired) electrons. The minimum Gasteiger partial charge on any atom is -0.366 e. The van der Waals surface area contributed by atoms with Crippen LogP contribution in [-0.4, -0.2) is 53.5 Å². The van der Waals surface area contributed by atoms with Crippen molar-refractivity contribution >= 4 is 34.7 Å². The molecule has 2 aromatic rings. The third-order valence-corrected chi connectivity index (χ3v) is 5.92. The van der Waals surface area contributed by atoms with E-state index in [0.29, 0.717) is 22.4 Å². The molecule has 9 heteroatoms. The molecule has 0 aliphatic carbocycles. The molecule has 1 aromatic heterocycles. The molecule has 2 heterocycles. The van der Waals surface area contributed by atoms with E-state index < -0.39 is 0 Å². The second-order valence-electron chi connectivity index (χ2n) is 7.32. The predicted octanol–water partition coefficient (Wildman–Crippen LogP) is 3.50. The van der Waals surface area contributed by atoms with Gasteiger partial charge in [-0.25, -0.2) is 5.84 Å². The third kappa shape index (κ3) is 5.16. The van der Waals surface area contributed by atoms with Crippen LogP contribution in [-0.2, 0) is 0 Å². The van der Waals surface area contributed by atoms with E-state index in [1.54, 1.807) is 17.4 Å². The number of hydrazone groups is 1. The lowest BCUT2D eigenvalue weighted by molar-refractivity contribution is 0.214. The summed E-state index contributed by atoms with van der Waals surface area (Å²) in [5, 5.41) is 6.92. The van der Waals surface area contributed by atoms with Crippen LogP contribution in [0.1, 0.15) is 31.4 Å². The fourth-order valence-corrected chi connectivity index (χ4v) is 4.42. The largest absolute Gasteiger partial charge is 0.366 e. The van der Waals surface area contributed by atoms with Crippen LogP contribution < -0.4 is 16.6 Å². The number of hydrazine groups is 1. The summed E-state index contributed by atoms with van der Waals surface area (Å²) >= 11 is 12.7. The lowest BCUT2D eigenvalue weighted by Gasteiger charge is -2.42. The van der Waals surface area contributed by atoms with Gasteiger partial charge in [-0.1, -0.05) is 66.9 Å². The number of unbranched alkanes of at least 4 members (excludes halogenated alkanes) is 1. The molecule has 0 saturated carbocycles. The zero-order valence-corrected chi connectivity index (χ0v) is 18.7. The Hall–Kier alpha value is -2.06. The number of hydrogen-bond donors (Lipinski definition) is 2. The van der Waals surface area contributed by atoms with Crippen molar-refractivity contribution in [2.75, 3.05) is 37.6 Å². The molecule has 1 aromatic carbocycles. The highest BCUT2D eigenvalue weighted by atomic mass is 35.5. The lowest BCUT2D eigenvalue weighted by atomic mass is 10.0. The minimum absolute atomic E-state index is 0.122. The van der Waals surface area contributed by atoms with Crippen molar-refractivity contribution in [2.24, 2.45) is 16.8 Å². The summed E-state index contributed by atoms with van der Waals surface area (Å²) in [6.45, 7) is 5.95. The van der Waals surface area contributed by atoms with Crippen LogP contribution in [0.5, 0.6) is 0 Å². The third-order valence-electron chi connectivity index (χ3n) is 5.36. The Morgan fingerprint density at radius 1 is 1.13 bits per heavy atom. The molecule has 1 saturated heterocycles. The molecule has 0 amide bonds. The van der Waals surface area contributed by atoms with Crippen molar-refractivity contribution in [2.45, 2.75) is 25.8 Å². The van der Waals surface area contributed by atoms with Gasteiger partial charge in [0.05, 0.1) is 21.8 Å². The van der Waals surface area contributed by atoms with Gasteiger partial charge >= 0.3 is 0 Å². The maximum Gasteiger partial charge on any atom is 0.160 e.